The van der Waals surface area contributed by atoms with E-state index in [4.69, 9.17) is 5.73 Å². The molecule has 0 spiro atoms. The molecule has 0 radical (unpaired) electrons. The van der Waals surface area contributed by atoms with Crippen LogP contribution in [-0.4, -0.2) is 24.1 Å². The van der Waals surface area contributed by atoms with Crippen LogP contribution in [0.5, 0.6) is 0 Å². The standard InChI is InChI=1S/C12H17FN2O2.ClH/c13-10-5-3-9(4-6-10)11(16)8-15-12(17)2-1-7-14;/h3-6,11,16H,1-2,7-8,14H2,(H,15,17);1H. The Morgan fingerprint density at radius 1 is 1.39 bits per heavy atom. The Bertz CT molecular complexity index is 360. The summed E-state index contributed by atoms with van der Waals surface area (Å²) < 4.78 is 12.6. The van der Waals surface area contributed by atoms with E-state index in [1.165, 1.54) is 24.3 Å². The predicted molar refractivity (Wildman–Crippen MR) is 69.9 cm³/mol. The second-order valence-electron chi connectivity index (χ2n) is 3.76. The van der Waals surface area contributed by atoms with Crippen LogP contribution < -0.4 is 11.1 Å². The number of hydrogen-bond donors (Lipinski definition) is 3. The molecule has 0 aromatic heterocycles. The SMILES string of the molecule is Cl.NCCCC(=O)NCC(O)c1ccc(F)cc1. The molecule has 0 aliphatic rings. The molecule has 0 aliphatic carbocycles. The van der Waals surface area contributed by atoms with Gasteiger partial charge in [0.15, 0.2) is 0 Å². The fourth-order valence-corrected chi connectivity index (χ4v) is 1.36. The minimum absolute atomic E-state index is 0. The minimum Gasteiger partial charge on any atom is -0.387 e. The van der Waals surface area contributed by atoms with Crippen molar-refractivity contribution >= 4 is 18.3 Å². The third-order valence-corrected chi connectivity index (χ3v) is 2.36. The zero-order chi connectivity index (χ0) is 12.7. The van der Waals surface area contributed by atoms with Crippen LogP contribution in [0, 0.1) is 5.82 Å². The van der Waals surface area contributed by atoms with Crippen LogP contribution in [0.15, 0.2) is 24.3 Å². The van der Waals surface area contributed by atoms with E-state index in [0.29, 0.717) is 24.9 Å². The van der Waals surface area contributed by atoms with E-state index < -0.39 is 6.10 Å². The molecule has 1 rings (SSSR count). The van der Waals surface area contributed by atoms with Gasteiger partial charge in [0.2, 0.25) is 5.91 Å². The van der Waals surface area contributed by atoms with Gasteiger partial charge in [0.25, 0.3) is 0 Å². The van der Waals surface area contributed by atoms with E-state index in [-0.39, 0.29) is 30.7 Å². The van der Waals surface area contributed by atoms with Gasteiger partial charge >= 0.3 is 0 Å². The molecule has 4 nitrogen and oxygen atoms in total. The molecule has 1 aromatic rings. The van der Waals surface area contributed by atoms with Crippen molar-refractivity contribution in [2.75, 3.05) is 13.1 Å². The third kappa shape index (κ3) is 5.95. The summed E-state index contributed by atoms with van der Waals surface area (Å²) in [6.07, 6.45) is 0.155. The Balaban J connectivity index is 0.00000289. The number of carbonyl (C=O) groups excluding carboxylic acids is 1. The van der Waals surface area contributed by atoms with Crippen LogP contribution in [-0.2, 0) is 4.79 Å². The van der Waals surface area contributed by atoms with Crippen LogP contribution in [0.3, 0.4) is 0 Å². The summed E-state index contributed by atoms with van der Waals surface area (Å²) >= 11 is 0. The molecule has 1 aromatic carbocycles. The average molecular weight is 277 g/mol. The molecule has 1 unspecified atom stereocenters. The van der Waals surface area contributed by atoms with Crippen LogP contribution in [0.25, 0.3) is 0 Å². The average Bonchev–Trinajstić information content (AvgIpc) is 2.34. The summed E-state index contributed by atoms with van der Waals surface area (Å²) in [5.41, 5.74) is 5.85. The Hall–Kier alpha value is -1.17. The molecular weight excluding hydrogens is 259 g/mol. The maximum absolute atomic E-state index is 12.6. The molecule has 4 N–H and O–H groups in total. The number of benzene rings is 1. The van der Waals surface area contributed by atoms with Gasteiger partial charge in [-0.05, 0) is 30.7 Å². The van der Waals surface area contributed by atoms with E-state index in [1.807, 2.05) is 0 Å². The van der Waals surface area contributed by atoms with E-state index in [0.717, 1.165) is 0 Å². The zero-order valence-electron chi connectivity index (χ0n) is 9.93. The topological polar surface area (TPSA) is 75.4 Å². The van der Waals surface area contributed by atoms with Crippen LogP contribution in [0.1, 0.15) is 24.5 Å². The van der Waals surface area contributed by atoms with Crippen molar-refractivity contribution in [3.63, 3.8) is 0 Å². The number of rotatable bonds is 6. The number of amides is 1. The molecule has 1 amide bonds. The van der Waals surface area contributed by atoms with Gasteiger partial charge < -0.3 is 16.2 Å². The molecule has 0 saturated heterocycles. The predicted octanol–water partition coefficient (Wildman–Crippen LogP) is 1.14. The van der Waals surface area contributed by atoms with Crippen molar-refractivity contribution in [2.24, 2.45) is 5.73 Å². The number of aliphatic hydroxyl groups is 1. The summed E-state index contributed by atoms with van der Waals surface area (Å²) in [6.45, 7) is 0.586. The highest BCUT2D eigenvalue weighted by Crippen LogP contribution is 2.12. The number of carbonyl (C=O) groups is 1. The fraction of sp³-hybridized carbons (Fsp3) is 0.417. The molecule has 0 heterocycles. The highest BCUT2D eigenvalue weighted by atomic mass is 35.5. The van der Waals surface area contributed by atoms with Crippen LogP contribution in [0.2, 0.25) is 0 Å². The number of hydrogen-bond acceptors (Lipinski definition) is 3. The van der Waals surface area contributed by atoms with Gasteiger partial charge in [-0.2, -0.15) is 0 Å². The molecular formula is C12H18ClFN2O2. The molecule has 0 bridgehead atoms. The first-order chi connectivity index (χ1) is 8.13. The van der Waals surface area contributed by atoms with Gasteiger partial charge in [0, 0.05) is 13.0 Å². The summed E-state index contributed by atoms with van der Waals surface area (Å²) in [4.78, 5) is 11.3. The van der Waals surface area contributed by atoms with Crippen LogP contribution >= 0.6 is 12.4 Å². The van der Waals surface area contributed by atoms with E-state index >= 15 is 0 Å². The van der Waals surface area contributed by atoms with E-state index in [9.17, 15) is 14.3 Å². The third-order valence-electron chi connectivity index (χ3n) is 2.36. The highest BCUT2D eigenvalue weighted by Gasteiger charge is 2.09. The second kappa shape index (κ2) is 8.85. The van der Waals surface area contributed by atoms with Crippen molar-refractivity contribution in [1.29, 1.82) is 0 Å². The molecule has 102 valence electrons. The Morgan fingerprint density at radius 2 is 2.00 bits per heavy atom. The second-order valence-corrected chi connectivity index (χ2v) is 3.76. The maximum atomic E-state index is 12.6. The Kier molecular flexibility index (Phi) is 8.28. The largest absolute Gasteiger partial charge is 0.387 e. The van der Waals surface area contributed by atoms with Gasteiger partial charge in [0.05, 0.1) is 6.10 Å². The molecule has 0 fully saturated rings. The van der Waals surface area contributed by atoms with E-state index in [1.54, 1.807) is 0 Å². The van der Waals surface area contributed by atoms with Gasteiger partial charge in [-0.1, -0.05) is 12.1 Å². The number of aliphatic hydroxyl groups excluding tert-OH is 1. The summed E-state index contributed by atoms with van der Waals surface area (Å²) in [5, 5.41) is 12.3. The lowest BCUT2D eigenvalue weighted by molar-refractivity contribution is -0.121. The van der Waals surface area contributed by atoms with Gasteiger partial charge in [0.1, 0.15) is 5.82 Å². The van der Waals surface area contributed by atoms with Crippen molar-refractivity contribution < 1.29 is 14.3 Å². The smallest absolute Gasteiger partial charge is 0.220 e. The molecule has 1 atom stereocenters. The lowest BCUT2D eigenvalue weighted by atomic mass is 10.1. The van der Waals surface area contributed by atoms with Crippen molar-refractivity contribution in [1.82, 2.24) is 5.32 Å². The normalized spacial score (nSPS) is 11.5. The minimum atomic E-state index is -0.822. The Labute approximate surface area is 112 Å². The van der Waals surface area contributed by atoms with Gasteiger partial charge in [-0.25, -0.2) is 4.39 Å². The van der Waals surface area contributed by atoms with Crippen molar-refractivity contribution in [3.8, 4) is 0 Å². The van der Waals surface area contributed by atoms with Crippen molar-refractivity contribution in [3.05, 3.63) is 35.6 Å². The Morgan fingerprint density at radius 3 is 2.56 bits per heavy atom. The molecule has 0 saturated carbocycles. The molecule has 18 heavy (non-hydrogen) atoms. The van der Waals surface area contributed by atoms with Crippen molar-refractivity contribution in [2.45, 2.75) is 18.9 Å². The summed E-state index contributed by atoms with van der Waals surface area (Å²) in [6, 6.07) is 5.53. The first kappa shape index (κ1) is 16.8. The maximum Gasteiger partial charge on any atom is 0.220 e. The quantitative estimate of drug-likeness (QED) is 0.729. The van der Waals surface area contributed by atoms with Crippen LogP contribution in [0.4, 0.5) is 4.39 Å². The fourth-order valence-electron chi connectivity index (χ4n) is 1.36. The van der Waals surface area contributed by atoms with Gasteiger partial charge in [-0.15, -0.1) is 12.4 Å². The molecule has 0 aliphatic heterocycles. The monoisotopic (exact) mass is 276 g/mol. The summed E-state index contributed by atoms with van der Waals surface area (Å²) in [5.74, 6) is -0.496. The first-order valence-electron chi connectivity index (χ1n) is 5.53. The lowest BCUT2D eigenvalue weighted by Crippen LogP contribution is -2.28. The number of halogens is 2. The number of nitrogens with one attached hydrogen (secondary N) is 1. The first-order valence-corrected chi connectivity index (χ1v) is 5.53. The lowest BCUT2D eigenvalue weighted by Gasteiger charge is -2.12. The number of nitrogens with two attached hydrogens (primary N) is 1. The highest BCUT2D eigenvalue weighted by molar-refractivity contribution is 5.85. The zero-order valence-corrected chi connectivity index (χ0v) is 10.8. The van der Waals surface area contributed by atoms with E-state index in [2.05, 4.69) is 5.32 Å². The summed E-state index contributed by atoms with van der Waals surface area (Å²) in [7, 11) is 0. The van der Waals surface area contributed by atoms with Gasteiger partial charge in [-0.3, -0.25) is 4.79 Å². The molecule has 6 heteroatoms.